The van der Waals surface area contributed by atoms with Gasteiger partial charge in [0.2, 0.25) is 5.91 Å². The highest BCUT2D eigenvalue weighted by atomic mass is 16.5. The van der Waals surface area contributed by atoms with Crippen molar-refractivity contribution in [2.24, 2.45) is 0 Å². The first kappa shape index (κ1) is 20.1. The van der Waals surface area contributed by atoms with E-state index in [4.69, 9.17) is 4.74 Å². The van der Waals surface area contributed by atoms with Gasteiger partial charge >= 0.3 is 0 Å². The lowest BCUT2D eigenvalue weighted by atomic mass is 9.88. The molecule has 0 aromatic rings. The van der Waals surface area contributed by atoms with Crippen molar-refractivity contribution >= 4 is 5.91 Å². The predicted molar refractivity (Wildman–Crippen MR) is 105 cm³/mol. The van der Waals surface area contributed by atoms with Gasteiger partial charge in [-0.1, -0.05) is 38.5 Å². The number of nitrogens with zero attached hydrogens (tertiary/aromatic N) is 2. The summed E-state index contributed by atoms with van der Waals surface area (Å²) < 4.78 is 5.39. The number of ether oxygens (including phenoxy) is 1. The zero-order valence-electron chi connectivity index (χ0n) is 16.6. The van der Waals surface area contributed by atoms with Gasteiger partial charge in [-0.2, -0.15) is 0 Å². The third-order valence-electron chi connectivity index (χ3n) is 6.43. The average Bonchev–Trinajstić information content (AvgIpc) is 2.70. The van der Waals surface area contributed by atoms with Crippen LogP contribution in [0.15, 0.2) is 0 Å². The van der Waals surface area contributed by atoms with Crippen LogP contribution in [0.1, 0.15) is 70.6 Å². The fourth-order valence-corrected chi connectivity index (χ4v) is 4.96. The summed E-state index contributed by atoms with van der Waals surface area (Å²) in [6.45, 7) is 6.40. The molecule has 3 aliphatic rings. The monoisotopic (exact) mass is 365 g/mol. The van der Waals surface area contributed by atoms with Gasteiger partial charge in [-0.25, -0.2) is 0 Å². The van der Waals surface area contributed by atoms with Crippen LogP contribution >= 0.6 is 0 Å². The Morgan fingerprint density at radius 2 is 1.50 bits per heavy atom. The van der Waals surface area contributed by atoms with Crippen molar-refractivity contribution in [2.75, 3.05) is 45.9 Å². The minimum Gasteiger partial charge on any atom is -0.379 e. The fraction of sp³-hybridized carbons (Fsp3) is 0.952. The molecule has 26 heavy (non-hydrogen) atoms. The van der Waals surface area contributed by atoms with Crippen LogP contribution in [-0.4, -0.2) is 73.7 Å². The second-order valence-corrected chi connectivity index (χ2v) is 8.37. The van der Waals surface area contributed by atoms with Crippen LogP contribution in [0.4, 0.5) is 0 Å². The molecule has 0 aromatic carbocycles. The van der Waals surface area contributed by atoms with E-state index in [1.165, 1.54) is 64.2 Å². The average molecular weight is 366 g/mol. The molecule has 0 unspecified atom stereocenters. The molecule has 3 fully saturated rings. The lowest BCUT2D eigenvalue weighted by Gasteiger charge is -2.42. The van der Waals surface area contributed by atoms with Crippen LogP contribution in [0.2, 0.25) is 0 Å². The standard InChI is InChI=1S/C21H39N3O2/c25-21(18-22-12-7-13-23-14-16-26-17-15-23)24(19-8-3-1-4-9-19)20-10-5-2-6-11-20/h19-20,22H,1-18H2. The molecule has 1 heterocycles. The summed E-state index contributed by atoms with van der Waals surface area (Å²) in [5.74, 6) is 0.357. The topological polar surface area (TPSA) is 44.8 Å². The maximum Gasteiger partial charge on any atom is 0.237 e. The second kappa shape index (κ2) is 11.3. The summed E-state index contributed by atoms with van der Waals surface area (Å²) >= 11 is 0. The molecular weight excluding hydrogens is 326 g/mol. The Hall–Kier alpha value is -0.650. The van der Waals surface area contributed by atoms with E-state index < -0.39 is 0 Å². The Morgan fingerprint density at radius 1 is 0.923 bits per heavy atom. The zero-order chi connectivity index (χ0) is 18.0. The summed E-state index contributed by atoms with van der Waals surface area (Å²) in [7, 11) is 0. The smallest absolute Gasteiger partial charge is 0.237 e. The molecule has 1 aliphatic heterocycles. The number of nitrogens with one attached hydrogen (secondary N) is 1. The van der Waals surface area contributed by atoms with E-state index in [1.807, 2.05) is 0 Å². The highest BCUT2D eigenvalue weighted by molar-refractivity contribution is 5.79. The zero-order valence-corrected chi connectivity index (χ0v) is 16.6. The van der Waals surface area contributed by atoms with Gasteiger partial charge in [0.1, 0.15) is 0 Å². The van der Waals surface area contributed by atoms with Gasteiger partial charge < -0.3 is 15.0 Å². The van der Waals surface area contributed by atoms with Gasteiger partial charge in [-0.15, -0.1) is 0 Å². The van der Waals surface area contributed by atoms with Gasteiger partial charge in [0, 0.05) is 25.2 Å². The van der Waals surface area contributed by atoms with Crippen LogP contribution in [0.3, 0.4) is 0 Å². The Bertz CT molecular complexity index is 382. The van der Waals surface area contributed by atoms with Gasteiger partial charge in [-0.05, 0) is 45.2 Å². The van der Waals surface area contributed by atoms with Gasteiger partial charge in [0.15, 0.2) is 0 Å². The van der Waals surface area contributed by atoms with E-state index >= 15 is 0 Å². The Kier molecular flexibility index (Phi) is 8.70. The lowest BCUT2D eigenvalue weighted by Crippen LogP contribution is -2.51. The molecule has 150 valence electrons. The van der Waals surface area contributed by atoms with Gasteiger partial charge in [0.25, 0.3) is 0 Å². The van der Waals surface area contributed by atoms with Crippen LogP contribution in [0.25, 0.3) is 0 Å². The lowest BCUT2D eigenvalue weighted by molar-refractivity contribution is -0.137. The molecule has 0 bridgehead atoms. The Labute approximate surface area is 159 Å². The van der Waals surface area contributed by atoms with Crippen molar-refractivity contribution in [2.45, 2.75) is 82.7 Å². The first-order valence-corrected chi connectivity index (χ1v) is 11.2. The Morgan fingerprint density at radius 3 is 2.08 bits per heavy atom. The third-order valence-corrected chi connectivity index (χ3v) is 6.43. The molecule has 0 atom stereocenters. The van der Waals surface area contributed by atoms with E-state index in [-0.39, 0.29) is 0 Å². The van der Waals surface area contributed by atoms with Gasteiger partial charge in [0.05, 0.1) is 19.8 Å². The molecule has 0 radical (unpaired) electrons. The predicted octanol–water partition coefficient (Wildman–Crippen LogP) is 2.79. The van der Waals surface area contributed by atoms with Crippen molar-refractivity contribution in [3.05, 3.63) is 0 Å². The molecule has 2 aliphatic carbocycles. The highest BCUT2D eigenvalue weighted by Gasteiger charge is 2.31. The van der Waals surface area contributed by atoms with E-state index in [0.717, 1.165) is 45.8 Å². The molecule has 3 rings (SSSR count). The number of hydrogen-bond acceptors (Lipinski definition) is 4. The summed E-state index contributed by atoms with van der Waals surface area (Å²) in [4.78, 5) is 17.8. The van der Waals surface area contributed by atoms with Crippen molar-refractivity contribution < 1.29 is 9.53 Å². The number of amides is 1. The van der Waals surface area contributed by atoms with E-state index in [2.05, 4.69) is 15.1 Å². The number of carbonyl (C=O) groups is 1. The molecule has 5 heteroatoms. The number of morpholine rings is 1. The SMILES string of the molecule is O=C(CNCCCN1CCOCC1)N(C1CCCCC1)C1CCCCC1. The summed E-state index contributed by atoms with van der Waals surface area (Å²) in [5.41, 5.74) is 0. The third kappa shape index (κ3) is 6.21. The molecule has 0 spiro atoms. The van der Waals surface area contributed by atoms with Crippen molar-refractivity contribution in [3.8, 4) is 0 Å². The molecule has 0 aromatic heterocycles. The minimum absolute atomic E-state index is 0.357. The first-order valence-electron chi connectivity index (χ1n) is 11.2. The van der Waals surface area contributed by atoms with Crippen LogP contribution < -0.4 is 5.32 Å². The number of hydrogen-bond donors (Lipinski definition) is 1. The quantitative estimate of drug-likeness (QED) is 0.672. The maximum atomic E-state index is 13.0. The van der Waals surface area contributed by atoms with Crippen LogP contribution in [0.5, 0.6) is 0 Å². The normalized spacial score (nSPS) is 23.8. The summed E-state index contributed by atoms with van der Waals surface area (Å²) in [6.07, 6.45) is 13.9. The molecule has 2 saturated carbocycles. The highest BCUT2D eigenvalue weighted by Crippen LogP contribution is 2.30. The number of rotatable bonds is 8. The van der Waals surface area contributed by atoms with Crippen LogP contribution in [0, 0.1) is 0 Å². The molecule has 1 N–H and O–H groups in total. The molecule has 1 saturated heterocycles. The van der Waals surface area contributed by atoms with Crippen molar-refractivity contribution in [1.82, 2.24) is 15.1 Å². The van der Waals surface area contributed by atoms with Crippen molar-refractivity contribution in [1.29, 1.82) is 0 Å². The number of carbonyl (C=O) groups excluding carboxylic acids is 1. The van der Waals surface area contributed by atoms with E-state index in [9.17, 15) is 4.79 Å². The van der Waals surface area contributed by atoms with Crippen LogP contribution in [-0.2, 0) is 9.53 Å². The second-order valence-electron chi connectivity index (χ2n) is 8.37. The Balaban J connectivity index is 1.40. The van der Waals surface area contributed by atoms with E-state index in [0.29, 0.717) is 24.5 Å². The minimum atomic E-state index is 0.357. The molecular formula is C21H39N3O2. The summed E-state index contributed by atoms with van der Waals surface area (Å²) in [6, 6.07) is 1.02. The molecule has 5 nitrogen and oxygen atoms in total. The maximum absolute atomic E-state index is 13.0. The van der Waals surface area contributed by atoms with E-state index in [1.54, 1.807) is 0 Å². The van der Waals surface area contributed by atoms with Crippen molar-refractivity contribution in [3.63, 3.8) is 0 Å². The largest absolute Gasteiger partial charge is 0.379 e. The van der Waals surface area contributed by atoms with Gasteiger partial charge in [-0.3, -0.25) is 9.69 Å². The first-order chi connectivity index (χ1) is 12.8. The fourth-order valence-electron chi connectivity index (χ4n) is 4.96. The molecule has 1 amide bonds. The summed E-state index contributed by atoms with van der Waals surface area (Å²) in [5, 5.41) is 3.43.